The fourth-order valence-corrected chi connectivity index (χ4v) is 2.04. The van der Waals surface area contributed by atoms with Gasteiger partial charge < -0.3 is 14.4 Å². The van der Waals surface area contributed by atoms with E-state index in [-0.39, 0.29) is 6.61 Å². The Labute approximate surface area is 108 Å². The van der Waals surface area contributed by atoms with Crippen LogP contribution in [0, 0.1) is 0 Å². The molecule has 90 valence electrons. The second kappa shape index (κ2) is 4.89. The van der Waals surface area contributed by atoms with Crippen molar-refractivity contribution < 1.29 is 9.84 Å². The Morgan fingerprint density at radius 3 is 2.82 bits per heavy atom. The Kier molecular flexibility index (Phi) is 3.49. The lowest BCUT2D eigenvalue weighted by Crippen LogP contribution is -1.93. The molecule has 0 spiro atoms. The summed E-state index contributed by atoms with van der Waals surface area (Å²) in [6, 6.07) is 7.66. The van der Waals surface area contributed by atoms with Gasteiger partial charge in [0.05, 0.1) is 19.4 Å². The van der Waals surface area contributed by atoms with Crippen LogP contribution in [-0.4, -0.2) is 21.8 Å². The third-order valence-electron chi connectivity index (χ3n) is 2.57. The number of hydrogen-bond donors (Lipinski definition) is 1. The Bertz CT molecular complexity index is 537. The van der Waals surface area contributed by atoms with Gasteiger partial charge in [-0.2, -0.15) is 0 Å². The number of aliphatic hydroxyl groups excluding tert-OH is 1. The summed E-state index contributed by atoms with van der Waals surface area (Å²) in [5.41, 5.74) is 1.58. The number of imidazole rings is 1. The maximum Gasteiger partial charge on any atom is 0.141 e. The molecule has 0 radical (unpaired) electrons. The Hall–Kier alpha value is -1.33. The molecular formula is C12H13BrN2O2. The fourth-order valence-electron chi connectivity index (χ4n) is 1.66. The van der Waals surface area contributed by atoms with E-state index in [0.717, 1.165) is 21.7 Å². The summed E-state index contributed by atoms with van der Waals surface area (Å²) in [7, 11) is 3.53. The summed E-state index contributed by atoms with van der Waals surface area (Å²) in [5.74, 6) is 1.58. The topological polar surface area (TPSA) is 47.3 Å². The van der Waals surface area contributed by atoms with Gasteiger partial charge in [-0.25, -0.2) is 4.98 Å². The van der Waals surface area contributed by atoms with Crippen molar-refractivity contribution in [3.05, 3.63) is 34.6 Å². The van der Waals surface area contributed by atoms with Crippen LogP contribution < -0.4 is 4.74 Å². The van der Waals surface area contributed by atoms with Crippen LogP contribution in [-0.2, 0) is 13.7 Å². The third-order valence-corrected chi connectivity index (χ3v) is 3.56. The third kappa shape index (κ3) is 2.21. The predicted octanol–water partition coefficient (Wildman–Crippen LogP) is 2.35. The highest BCUT2D eigenvalue weighted by Gasteiger charge is 2.13. The number of aromatic nitrogens is 2. The van der Waals surface area contributed by atoms with Crippen LogP contribution in [0.3, 0.4) is 0 Å². The molecule has 0 saturated carbocycles. The van der Waals surface area contributed by atoms with E-state index in [1.54, 1.807) is 7.11 Å². The van der Waals surface area contributed by atoms with Gasteiger partial charge in [0.2, 0.25) is 0 Å². The Morgan fingerprint density at radius 1 is 1.47 bits per heavy atom. The second-order valence-corrected chi connectivity index (χ2v) is 4.37. The second-order valence-electron chi connectivity index (χ2n) is 3.62. The number of aliphatic hydroxyl groups is 1. The molecular weight excluding hydrogens is 284 g/mol. The molecule has 1 aromatic heterocycles. The molecule has 2 aromatic rings. The molecule has 1 N–H and O–H groups in total. The minimum absolute atomic E-state index is 0.0849. The van der Waals surface area contributed by atoms with Crippen LogP contribution in [0.5, 0.6) is 5.75 Å². The monoisotopic (exact) mass is 296 g/mol. The van der Waals surface area contributed by atoms with Crippen LogP contribution in [0.4, 0.5) is 0 Å². The maximum atomic E-state index is 9.17. The summed E-state index contributed by atoms with van der Waals surface area (Å²) in [6.07, 6.45) is 0. The van der Waals surface area contributed by atoms with E-state index in [1.165, 1.54) is 0 Å². The predicted molar refractivity (Wildman–Crippen MR) is 68.8 cm³/mol. The van der Waals surface area contributed by atoms with Gasteiger partial charge in [-0.1, -0.05) is 12.1 Å². The van der Waals surface area contributed by atoms with Gasteiger partial charge in [0.1, 0.15) is 16.2 Å². The normalized spacial score (nSPS) is 10.6. The molecule has 0 amide bonds. The first-order chi connectivity index (χ1) is 8.17. The number of halogens is 1. The van der Waals surface area contributed by atoms with Crippen molar-refractivity contribution in [1.82, 2.24) is 9.55 Å². The van der Waals surface area contributed by atoms with Crippen LogP contribution in [0.2, 0.25) is 0 Å². The molecule has 2 rings (SSSR count). The minimum Gasteiger partial charge on any atom is -0.497 e. The van der Waals surface area contributed by atoms with Crippen LogP contribution in [0.25, 0.3) is 11.4 Å². The van der Waals surface area contributed by atoms with Crippen molar-refractivity contribution in [2.45, 2.75) is 6.61 Å². The van der Waals surface area contributed by atoms with Gasteiger partial charge in [0.25, 0.3) is 0 Å². The summed E-state index contributed by atoms with van der Waals surface area (Å²) < 4.78 is 7.86. The molecule has 0 fully saturated rings. The number of methoxy groups -OCH3 is 1. The molecule has 5 heteroatoms. The summed E-state index contributed by atoms with van der Waals surface area (Å²) >= 11 is 3.40. The minimum atomic E-state index is -0.0849. The number of hydrogen-bond acceptors (Lipinski definition) is 3. The van der Waals surface area contributed by atoms with E-state index in [1.807, 2.05) is 35.9 Å². The summed E-state index contributed by atoms with van der Waals surface area (Å²) in [5, 5.41) is 9.17. The SMILES string of the molecule is COc1cccc(-c2nc(CO)c(Br)n2C)c1. The average molecular weight is 297 g/mol. The zero-order chi connectivity index (χ0) is 12.4. The highest BCUT2D eigenvalue weighted by atomic mass is 79.9. The van der Waals surface area contributed by atoms with Gasteiger partial charge in [-0.15, -0.1) is 0 Å². The van der Waals surface area contributed by atoms with Gasteiger partial charge >= 0.3 is 0 Å². The van der Waals surface area contributed by atoms with Crippen molar-refractivity contribution in [1.29, 1.82) is 0 Å². The molecule has 1 heterocycles. The molecule has 0 aliphatic rings. The van der Waals surface area contributed by atoms with Gasteiger partial charge in [0.15, 0.2) is 0 Å². The molecule has 1 aromatic carbocycles. The summed E-state index contributed by atoms with van der Waals surface area (Å²) in [4.78, 5) is 4.38. The number of benzene rings is 1. The quantitative estimate of drug-likeness (QED) is 0.946. The number of rotatable bonds is 3. The van der Waals surface area contributed by atoms with E-state index in [2.05, 4.69) is 20.9 Å². The Balaban J connectivity index is 2.52. The smallest absolute Gasteiger partial charge is 0.141 e. The lowest BCUT2D eigenvalue weighted by molar-refractivity contribution is 0.276. The number of ether oxygens (including phenoxy) is 1. The molecule has 0 atom stereocenters. The standard InChI is InChI=1S/C12H13BrN2O2/c1-15-11(13)10(7-16)14-12(15)8-4-3-5-9(6-8)17-2/h3-6,16H,7H2,1-2H3. The van der Waals surface area contributed by atoms with Crippen molar-refractivity contribution in [2.24, 2.45) is 7.05 Å². The van der Waals surface area contributed by atoms with Crippen LogP contribution >= 0.6 is 15.9 Å². The highest BCUT2D eigenvalue weighted by Crippen LogP contribution is 2.27. The van der Waals surface area contributed by atoms with Crippen molar-refractivity contribution >= 4 is 15.9 Å². The maximum absolute atomic E-state index is 9.17. The van der Waals surface area contributed by atoms with Crippen molar-refractivity contribution in [3.8, 4) is 17.1 Å². The van der Waals surface area contributed by atoms with E-state index in [0.29, 0.717) is 5.69 Å². The fraction of sp³-hybridized carbons (Fsp3) is 0.250. The van der Waals surface area contributed by atoms with Gasteiger partial charge in [-0.05, 0) is 28.1 Å². The first-order valence-corrected chi connectivity index (χ1v) is 5.93. The van der Waals surface area contributed by atoms with Gasteiger partial charge in [-0.3, -0.25) is 0 Å². The van der Waals surface area contributed by atoms with E-state index in [4.69, 9.17) is 4.74 Å². The lowest BCUT2D eigenvalue weighted by atomic mass is 10.2. The summed E-state index contributed by atoms with van der Waals surface area (Å²) in [6.45, 7) is -0.0849. The highest BCUT2D eigenvalue weighted by molar-refractivity contribution is 9.10. The van der Waals surface area contributed by atoms with Crippen molar-refractivity contribution in [3.63, 3.8) is 0 Å². The molecule has 0 aliphatic carbocycles. The molecule has 0 bridgehead atoms. The van der Waals surface area contributed by atoms with Crippen LogP contribution in [0.1, 0.15) is 5.69 Å². The molecule has 4 nitrogen and oxygen atoms in total. The molecule has 0 saturated heterocycles. The Morgan fingerprint density at radius 2 is 2.24 bits per heavy atom. The van der Waals surface area contributed by atoms with E-state index >= 15 is 0 Å². The first kappa shape index (κ1) is 12.1. The van der Waals surface area contributed by atoms with E-state index < -0.39 is 0 Å². The first-order valence-electron chi connectivity index (χ1n) is 5.13. The average Bonchev–Trinajstić information content (AvgIpc) is 2.66. The zero-order valence-corrected chi connectivity index (χ0v) is 11.2. The number of nitrogens with zero attached hydrogens (tertiary/aromatic N) is 2. The lowest BCUT2D eigenvalue weighted by Gasteiger charge is -2.04. The molecule has 17 heavy (non-hydrogen) atoms. The molecule has 0 unspecified atom stereocenters. The largest absolute Gasteiger partial charge is 0.497 e. The van der Waals surface area contributed by atoms with E-state index in [9.17, 15) is 5.11 Å². The van der Waals surface area contributed by atoms with Crippen molar-refractivity contribution in [2.75, 3.05) is 7.11 Å². The molecule has 0 aliphatic heterocycles. The zero-order valence-electron chi connectivity index (χ0n) is 9.64. The van der Waals surface area contributed by atoms with Crippen LogP contribution in [0.15, 0.2) is 28.9 Å². The van der Waals surface area contributed by atoms with Gasteiger partial charge in [0, 0.05) is 12.6 Å².